The van der Waals surface area contributed by atoms with Crippen molar-refractivity contribution < 1.29 is 9.53 Å². The molecule has 0 aliphatic carbocycles. The zero-order chi connectivity index (χ0) is 11.1. The number of halogens is 1. The van der Waals surface area contributed by atoms with Crippen molar-refractivity contribution in [2.24, 2.45) is 0 Å². The molecule has 1 unspecified atom stereocenters. The van der Waals surface area contributed by atoms with Crippen molar-refractivity contribution in [3.63, 3.8) is 0 Å². The summed E-state index contributed by atoms with van der Waals surface area (Å²) in [5.74, 6) is 0.135. The predicted octanol–water partition coefficient (Wildman–Crippen LogP) is 2.08. The van der Waals surface area contributed by atoms with E-state index in [4.69, 9.17) is 4.74 Å². The normalized spacial score (nSPS) is 23.3. The summed E-state index contributed by atoms with van der Waals surface area (Å²) in [7, 11) is 0. The highest BCUT2D eigenvalue weighted by Crippen LogP contribution is 2.33. The van der Waals surface area contributed by atoms with Gasteiger partial charge in [0.15, 0.2) is 0 Å². The number of hydrogen-bond donors (Lipinski definition) is 1. The molecule has 3 rings (SSSR count). The highest BCUT2D eigenvalue weighted by atomic mass is 79.9. The predicted molar refractivity (Wildman–Crippen MR) is 63.0 cm³/mol. The number of ether oxygens (including phenoxy) is 1. The number of rotatable bonds is 1. The maximum atomic E-state index is 11.0. The summed E-state index contributed by atoms with van der Waals surface area (Å²) in [5.41, 5.74) is 3.82. The van der Waals surface area contributed by atoms with Gasteiger partial charge in [0, 0.05) is 4.47 Å². The van der Waals surface area contributed by atoms with Crippen LogP contribution < -0.4 is 5.32 Å². The van der Waals surface area contributed by atoms with Gasteiger partial charge in [-0.1, -0.05) is 15.9 Å². The summed E-state index contributed by atoms with van der Waals surface area (Å²) in [6, 6.07) is 4.43. The fourth-order valence-electron chi connectivity index (χ4n) is 2.33. The lowest BCUT2D eigenvalue weighted by Gasteiger charge is -2.31. The van der Waals surface area contributed by atoms with Crippen molar-refractivity contribution in [2.75, 3.05) is 6.61 Å². The van der Waals surface area contributed by atoms with E-state index in [0.29, 0.717) is 13.0 Å². The molecule has 3 nitrogen and oxygen atoms in total. The Bertz CT molecular complexity index is 451. The molecular formula is C12H12BrNO2. The molecule has 2 aliphatic rings. The van der Waals surface area contributed by atoms with Crippen LogP contribution in [0.25, 0.3) is 0 Å². The van der Waals surface area contributed by atoms with Crippen LogP contribution in [0.2, 0.25) is 0 Å². The minimum atomic E-state index is 0.135. The number of hydrogen-bond acceptors (Lipinski definition) is 2. The highest BCUT2D eigenvalue weighted by molar-refractivity contribution is 9.10. The third kappa shape index (κ3) is 1.66. The van der Waals surface area contributed by atoms with Crippen LogP contribution in [0.15, 0.2) is 16.6 Å². The second kappa shape index (κ2) is 3.86. The fraction of sp³-hybridized carbons (Fsp3) is 0.417. The average Bonchev–Trinajstić information content (AvgIpc) is 2.24. The van der Waals surface area contributed by atoms with Crippen molar-refractivity contribution in [2.45, 2.75) is 25.5 Å². The van der Waals surface area contributed by atoms with Crippen molar-refractivity contribution in [1.29, 1.82) is 0 Å². The molecule has 1 aromatic carbocycles. The largest absolute Gasteiger partial charge is 0.376 e. The topological polar surface area (TPSA) is 38.3 Å². The van der Waals surface area contributed by atoms with Crippen LogP contribution in [0.3, 0.4) is 0 Å². The van der Waals surface area contributed by atoms with E-state index < -0.39 is 0 Å². The molecule has 0 aromatic heterocycles. The maximum Gasteiger partial charge on any atom is 0.222 e. The van der Waals surface area contributed by atoms with Gasteiger partial charge in [0.25, 0.3) is 0 Å². The molecule has 16 heavy (non-hydrogen) atoms. The Morgan fingerprint density at radius 2 is 2.25 bits per heavy atom. The van der Waals surface area contributed by atoms with Crippen molar-refractivity contribution in [1.82, 2.24) is 5.32 Å². The summed E-state index contributed by atoms with van der Waals surface area (Å²) in [6.07, 6.45) is 1.56. The Morgan fingerprint density at radius 3 is 3.00 bits per heavy atom. The van der Waals surface area contributed by atoms with E-state index >= 15 is 0 Å². The summed E-state index contributed by atoms with van der Waals surface area (Å²) in [4.78, 5) is 11.0. The van der Waals surface area contributed by atoms with Gasteiger partial charge >= 0.3 is 0 Å². The maximum absolute atomic E-state index is 11.0. The second-order valence-corrected chi connectivity index (χ2v) is 5.18. The molecule has 1 amide bonds. The number of carbonyl (C=O) groups is 1. The first-order chi connectivity index (χ1) is 7.74. The zero-order valence-corrected chi connectivity index (χ0v) is 10.3. The molecule has 1 atom stereocenters. The number of β-lactam (4-membered cyclic amide) rings is 1. The number of fused-ring (bicyclic) bond motifs is 1. The van der Waals surface area contributed by atoms with Crippen LogP contribution in [0, 0.1) is 0 Å². The van der Waals surface area contributed by atoms with Gasteiger partial charge in [0.2, 0.25) is 5.91 Å². The van der Waals surface area contributed by atoms with Crippen molar-refractivity contribution in [3.8, 4) is 0 Å². The van der Waals surface area contributed by atoms with Gasteiger partial charge in [-0.2, -0.15) is 0 Å². The SMILES string of the molecule is O=C1CC(c2cc(Br)cc3c2COCC3)N1. The molecule has 1 aromatic rings. The lowest BCUT2D eigenvalue weighted by molar-refractivity contribution is -0.128. The van der Waals surface area contributed by atoms with E-state index in [1.165, 1.54) is 16.7 Å². The van der Waals surface area contributed by atoms with Crippen molar-refractivity contribution in [3.05, 3.63) is 33.3 Å². The summed E-state index contributed by atoms with van der Waals surface area (Å²) in [6.45, 7) is 1.46. The average molecular weight is 282 g/mol. The molecule has 0 saturated carbocycles. The van der Waals surface area contributed by atoms with Crippen LogP contribution in [-0.4, -0.2) is 12.5 Å². The molecule has 2 aliphatic heterocycles. The van der Waals surface area contributed by atoms with E-state index in [1.54, 1.807) is 0 Å². The smallest absolute Gasteiger partial charge is 0.222 e. The first-order valence-corrected chi connectivity index (χ1v) is 6.21. The number of carbonyl (C=O) groups excluding carboxylic acids is 1. The van der Waals surface area contributed by atoms with Crippen LogP contribution in [-0.2, 0) is 22.6 Å². The molecule has 84 valence electrons. The van der Waals surface area contributed by atoms with Gasteiger partial charge in [0.05, 0.1) is 25.7 Å². The molecule has 4 heteroatoms. The Hall–Kier alpha value is -0.870. The Morgan fingerprint density at radius 1 is 1.44 bits per heavy atom. The molecule has 1 N–H and O–H groups in total. The van der Waals surface area contributed by atoms with E-state index in [9.17, 15) is 4.79 Å². The molecule has 1 saturated heterocycles. The fourth-order valence-corrected chi connectivity index (χ4v) is 2.85. The van der Waals surface area contributed by atoms with Crippen LogP contribution in [0.1, 0.15) is 29.2 Å². The molecule has 1 fully saturated rings. The standard InChI is InChI=1S/C12H12BrNO2/c13-8-3-7-1-2-16-6-10(7)9(4-8)11-5-12(15)14-11/h3-4,11H,1-2,5-6H2,(H,14,15). The summed E-state index contributed by atoms with van der Waals surface area (Å²) < 4.78 is 6.58. The van der Waals surface area contributed by atoms with Crippen molar-refractivity contribution >= 4 is 21.8 Å². The zero-order valence-electron chi connectivity index (χ0n) is 8.75. The Kier molecular flexibility index (Phi) is 2.48. The van der Waals surface area contributed by atoms with Gasteiger partial charge in [-0.05, 0) is 35.2 Å². The third-order valence-electron chi connectivity index (χ3n) is 3.20. The molecular weight excluding hydrogens is 270 g/mol. The van der Waals surface area contributed by atoms with Gasteiger partial charge in [0.1, 0.15) is 0 Å². The van der Waals surface area contributed by atoms with Gasteiger partial charge in [-0.15, -0.1) is 0 Å². The lowest BCUT2D eigenvalue weighted by atomic mass is 9.89. The lowest BCUT2D eigenvalue weighted by Crippen LogP contribution is -2.42. The number of benzene rings is 1. The summed E-state index contributed by atoms with van der Waals surface area (Å²) >= 11 is 3.52. The minimum Gasteiger partial charge on any atom is -0.376 e. The third-order valence-corrected chi connectivity index (χ3v) is 3.66. The first kappa shape index (κ1) is 10.3. The minimum absolute atomic E-state index is 0.135. The van der Waals surface area contributed by atoms with Crippen LogP contribution in [0.4, 0.5) is 0 Å². The van der Waals surface area contributed by atoms with E-state index in [0.717, 1.165) is 17.5 Å². The molecule has 2 heterocycles. The molecule has 0 radical (unpaired) electrons. The van der Waals surface area contributed by atoms with E-state index in [2.05, 4.69) is 33.4 Å². The summed E-state index contributed by atoms with van der Waals surface area (Å²) in [5, 5.41) is 2.92. The van der Waals surface area contributed by atoms with Crippen LogP contribution >= 0.6 is 15.9 Å². The quantitative estimate of drug-likeness (QED) is 0.801. The number of amides is 1. The van der Waals surface area contributed by atoms with Crippen LogP contribution in [0.5, 0.6) is 0 Å². The van der Waals surface area contributed by atoms with Gasteiger partial charge < -0.3 is 10.1 Å². The number of nitrogens with one attached hydrogen (secondary N) is 1. The van der Waals surface area contributed by atoms with Gasteiger partial charge in [-0.25, -0.2) is 0 Å². The Labute approximate surface area is 102 Å². The highest BCUT2D eigenvalue weighted by Gasteiger charge is 2.30. The second-order valence-electron chi connectivity index (χ2n) is 4.26. The monoisotopic (exact) mass is 281 g/mol. The van der Waals surface area contributed by atoms with Gasteiger partial charge in [-0.3, -0.25) is 4.79 Å². The van der Waals surface area contributed by atoms with E-state index in [-0.39, 0.29) is 11.9 Å². The van der Waals surface area contributed by atoms with E-state index in [1.807, 2.05) is 0 Å². The first-order valence-electron chi connectivity index (χ1n) is 5.42. The Balaban J connectivity index is 2.02. The molecule has 0 spiro atoms. The molecule has 0 bridgehead atoms.